The van der Waals surface area contributed by atoms with E-state index in [1.807, 2.05) is 5.32 Å². The van der Waals surface area contributed by atoms with Crippen LogP contribution in [0, 0.1) is 5.41 Å². The van der Waals surface area contributed by atoms with Crippen molar-refractivity contribution in [2.24, 2.45) is 5.41 Å². The van der Waals surface area contributed by atoms with Crippen LogP contribution in [0.3, 0.4) is 0 Å². The quantitative estimate of drug-likeness (QED) is 0.0238. The number of imidazole rings is 1. The number of carbonyl (C=O) groups excluding carboxylic acids is 5. The van der Waals surface area contributed by atoms with Crippen molar-refractivity contribution in [1.82, 2.24) is 35.5 Å². The Bertz CT molecular complexity index is 2050. The van der Waals surface area contributed by atoms with Gasteiger partial charge in [-0.25, -0.2) is 28.6 Å². The van der Waals surface area contributed by atoms with Gasteiger partial charge in [0.05, 0.1) is 31.6 Å². The zero-order valence-corrected chi connectivity index (χ0v) is 37.4. The number of nitrogen functional groups attached to an aromatic ring is 1. The number of aromatic nitrogens is 4. The van der Waals surface area contributed by atoms with Crippen molar-refractivity contribution in [2.75, 3.05) is 43.5 Å². The van der Waals surface area contributed by atoms with E-state index in [4.69, 9.17) is 19.5 Å². The molecular formula is C28H43Li2N8O21P3S. The second kappa shape index (κ2) is 25.4. The number of nitrogens with zero attached hydrogens (tertiary/aromatic N) is 4. The zero-order valence-electron chi connectivity index (χ0n) is 33.9. The molecule has 1 saturated heterocycles. The van der Waals surface area contributed by atoms with E-state index in [9.17, 15) is 77.7 Å². The smallest absolute Gasteiger partial charge is 0.550 e. The van der Waals surface area contributed by atoms with Gasteiger partial charge in [-0.1, -0.05) is 13.8 Å². The molecule has 2 aromatic heterocycles. The first-order valence-electron chi connectivity index (χ1n) is 17.4. The standard InChI is InChI=1S/C28H45N8O21P3S.2Li/c1-28(2,22(42)25(43)31-5-3-16(37)30-6-8-61-7-4-17(38)35-14(27(44)45)9-18(39)40)11-54-60(51,52)57-59(49,50)53-10-15-21(56-58(46,47)48)20(41)26(55-15)36-13-34-19-23(29)32-12-33-24(19)36;;/h12-15,20-22,26,41-42H,3-11H2,1-2H3,(H,30,37)(H,31,43)(H,35,38)(H,39,40)(H,44,45)(H,49,50)(H,51,52)(H2,29,32,33)(H2,46,47,48);;/q;2*+1/p-2/t14-,15+,20+,21+,22-,26+;;/m0../s1. The number of amides is 3. The van der Waals surface area contributed by atoms with E-state index in [1.165, 1.54) is 25.6 Å². The minimum absolute atomic E-state index is 0. The molecule has 1 aliphatic rings. The summed E-state index contributed by atoms with van der Waals surface area (Å²) in [5.41, 5.74) is 4.16. The summed E-state index contributed by atoms with van der Waals surface area (Å²) >= 11 is 1.21. The van der Waals surface area contributed by atoms with Crippen LogP contribution in [0.15, 0.2) is 12.7 Å². The minimum Gasteiger partial charge on any atom is -0.550 e. The molecule has 0 radical (unpaired) electrons. The third-order valence-electron chi connectivity index (χ3n) is 8.11. The number of phosphoric ester groups is 3. The molecule has 0 aromatic carbocycles. The first-order chi connectivity index (χ1) is 28.2. The Hall–Kier alpha value is -2.51. The van der Waals surface area contributed by atoms with Crippen LogP contribution >= 0.6 is 35.2 Å². The monoisotopic (exact) mass is 966 g/mol. The number of aliphatic carboxylic acids is 2. The van der Waals surface area contributed by atoms with E-state index in [0.717, 1.165) is 17.2 Å². The maximum Gasteiger partial charge on any atom is 1.00 e. The van der Waals surface area contributed by atoms with Crippen LogP contribution in [0.4, 0.5) is 5.82 Å². The Morgan fingerprint density at radius 1 is 0.968 bits per heavy atom. The van der Waals surface area contributed by atoms with Crippen molar-refractivity contribution in [3.8, 4) is 0 Å². The average Bonchev–Trinajstić information content (AvgIpc) is 3.70. The van der Waals surface area contributed by atoms with Gasteiger partial charge in [-0.05, 0) is 0 Å². The zero-order chi connectivity index (χ0) is 45.9. The predicted octanol–water partition coefficient (Wildman–Crippen LogP) is -11.1. The maximum absolute atomic E-state index is 12.7. The van der Waals surface area contributed by atoms with Crippen molar-refractivity contribution in [3.05, 3.63) is 12.7 Å². The first-order valence-corrected chi connectivity index (χ1v) is 23.1. The van der Waals surface area contributed by atoms with E-state index < -0.39 is 115 Å². The SMILES string of the molecule is CC(C)(COP(=O)(O)OP(=O)(O)OC[C@H]1O[C@@H](n2cnc3c(N)ncnc32)[C@H](O)[C@@H]1OP(=O)(O)O)[C@@H](O)C(=O)NCCC(=O)NCCSCCC(=O)N[C@@H](CC(=O)[O-])C(=O)[O-].[Li+].[Li+]. The number of anilines is 1. The van der Waals surface area contributed by atoms with Crippen LogP contribution in [0.2, 0.25) is 0 Å². The van der Waals surface area contributed by atoms with Gasteiger partial charge in [0.15, 0.2) is 17.7 Å². The molecule has 0 saturated carbocycles. The number of fused-ring (bicyclic) bond motifs is 1. The van der Waals surface area contributed by atoms with E-state index >= 15 is 0 Å². The third-order valence-corrected chi connectivity index (χ3v) is 12.2. The van der Waals surface area contributed by atoms with Crippen molar-refractivity contribution in [3.63, 3.8) is 0 Å². The van der Waals surface area contributed by atoms with E-state index in [2.05, 4.69) is 34.4 Å². The largest absolute Gasteiger partial charge is 1.00 e. The number of thioether (sulfide) groups is 1. The predicted molar refractivity (Wildman–Crippen MR) is 198 cm³/mol. The molecule has 2 aromatic rings. The molecule has 29 nitrogen and oxygen atoms in total. The van der Waals surface area contributed by atoms with E-state index in [1.54, 1.807) is 0 Å². The van der Waals surface area contributed by atoms with Gasteiger partial charge < -0.3 is 76.0 Å². The third kappa shape index (κ3) is 19.1. The number of aliphatic hydroxyl groups is 2. The maximum atomic E-state index is 12.7. The number of carboxylic acids is 2. The Labute approximate surface area is 385 Å². The fourth-order valence-corrected chi connectivity index (χ4v) is 8.71. The molecule has 8 atom stereocenters. The van der Waals surface area contributed by atoms with Gasteiger partial charge in [-0.15, -0.1) is 0 Å². The number of rotatable bonds is 26. The van der Waals surface area contributed by atoms with Crippen LogP contribution in [0.25, 0.3) is 11.2 Å². The molecule has 2 unspecified atom stereocenters. The molecule has 63 heavy (non-hydrogen) atoms. The first kappa shape index (κ1) is 58.5. The molecule has 3 rings (SSSR count). The number of phosphoric acid groups is 3. The van der Waals surface area contributed by atoms with Crippen LogP contribution in [-0.4, -0.2) is 147 Å². The van der Waals surface area contributed by atoms with Gasteiger partial charge in [0.25, 0.3) is 0 Å². The Morgan fingerprint density at radius 3 is 2.24 bits per heavy atom. The van der Waals surface area contributed by atoms with Crippen LogP contribution in [-0.2, 0) is 60.3 Å². The summed E-state index contributed by atoms with van der Waals surface area (Å²) in [6, 6.07) is -1.75. The summed E-state index contributed by atoms with van der Waals surface area (Å²) in [5.74, 6) is -5.29. The van der Waals surface area contributed by atoms with Gasteiger partial charge in [0, 0.05) is 55.2 Å². The second-order valence-corrected chi connectivity index (χ2v) is 18.9. The number of ether oxygens (including phenoxy) is 1. The average molecular weight is 967 g/mol. The summed E-state index contributed by atoms with van der Waals surface area (Å²) in [4.78, 5) is 109. The number of hydrogen-bond acceptors (Lipinski definition) is 22. The van der Waals surface area contributed by atoms with Crippen molar-refractivity contribution < 1.29 is 138 Å². The summed E-state index contributed by atoms with van der Waals surface area (Å²) in [6.45, 7) is 0.184. The number of nitrogens with one attached hydrogen (secondary N) is 3. The van der Waals surface area contributed by atoms with Crippen molar-refractivity contribution in [1.29, 1.82) is 0 Å². The van der Waals surface area contributed by atoms with Gasteiger partial charge in [-0.3, -0.25) is 32.5 Å². The van der Waals surface area contributed by atoms with Gasteiger partial charge in [0.2, 0.25) is 17.7 Å². The number of carbonyl (C=O) groups is 5. The molecule has 0 aliphatic carbocycles. The molecule has 3 heterocycles. The number of aliphatic hydroxyl groups excluding tert-OH is 2. The summed E-state index contributed by atoms with van der Waals surface area (Å²) in [7, 11) is -16.5. The fraction of sp³-hybridized carbons (Fsp3) is 0.643. The molecule has 3 amide bonds. The van der Waals surface area contributed by atoms with Crippen LogP contribution in [0.5, 0.6) is 0 Å². The Morgan fingerprint density at radius 2 is 1.62 bits per heavy atom. The van der Waals surface area contributed by atoms with Crippen LogP contribution < -0.4 is 69.6 Å². The normalized spacial score (nSPS) is 20.5. The van der Waals surface area contributed by atoms with Crippen LogP contribution in [0.1, 0.15) is 39.3 Å². The molecule has 35 heteroatoms. The van der Waals surface area contributed by atoms with Gasteiger partial charge >= 0.3 is 61.2 Å². The molecular weight excluding hydrogens is 923 g/mol. The topological polar surface area (TPSA) is 456 Å². The number of hydrogen-bond donors (Lipinski definition) is 10. The molecule has 1 aliphatic heterocycles. The van der Waals surface area contributed by atoms with Crippen molar-refractivity contribution in [2.45, 2.75) is 69.8 Å². The molecule has 0 bridgehead atoms. The number of carboxylic acid groups (broad SMARTS) is 2. The summed E-state index contributed by atoms with van der Waals surface area (Å²) in [5, 5.41) is 49.7. The molecule has 1 fully saturated rings. The summed E-state index contributed by atoms with van der Waals surface area (Å²) < 4.78 is 62.0. The second-order valence-electron chi connectivity index (χ2n) is 13.4. The Balaban J connectivity index is 0.00000992. The minimum atomic E-state index is -5.61. The molecule has 11 N–H and O–H groups in total. The molecule has 0 spiro atoms. The molecule has 344 valence electrons. The van der Waals surface area contributed by atoms with Gasteiger partial charge in [0.1, 0.15) is 36.3 Å². The van der Waals surface area contributed by atoms with Gasteiger partial charge in [-0.2, -0.15) is 16.1 Å². The number of nitrogens with two attached hydrogens (primary N) is 1. The summed E-state index contributed by atoms with van der Waals surface area (Å²) in [6.07, 6.45) is -8.31. The fourth-order valence-electron chi connectivity index (χ4n) is 5.10. The van der Waals surface area contributed by atoms with E-state index in [-0.39, 0.29) is 86.4 Å². The Kier molecular flexibility index (Phi) is 23.6. The van der Waals surface area contributed by atoms with E-state index in [0.29, 0.717) is 5.75 Å². The van der Waals surface area contributed by atoms with Crippen molar-refractivity contribution >= 4 is 81.9 Å².